The molecule has 0 saturated heterocycles. The van der Waals surface area contributed by atoms with E-state index in [1.807, 2.05) is 30.3 Å². The summed E-state index contributed by atoms with van der Waals surface area (Å²) in [7, 11) is 0. The molecule has 0 bridgehead atoms. The minimum absolute atomic E-state index is 0.146. The first-order chi connectivity index (χ1) is 13.9. The number of alkyl halides is 3. The van der Waals surface area contributed by atoms with Gasteiger partial charge in [0.2, 0.25) is 5.91 Å². The number of carbonyl (C=O) groups is 1. The van der Waals surface area contributed by atoms with Gasteiger partial charge < -0.3 is 9.32 Å². The van der Waals surface area contributed by atoms with Gasteiger partial charge in [-0.15, -0.1) is 0 Å². The Balaban J connectivity index is 1.55. The van der Waals surface area contributed by atoms with Crippen molar-refractivity contribution in [2.24, 2.45) is 5.92 Å². The highest BCUT2D eigenvalue weighted by atomic mass is 19.4. The summed E-state index contributed by atoms with van der Waals surface area (Å²) in [5, 5.41) is 0. The molecule has 0 spiro atoms. The molecule has 6 heteroatoms. The summed E-state index contributed by atoms with van der Waals surface area (Å²) in [6, 6.07) is 18.6. The van der Waals surface area contributed by atoms with Crippen molar-refractivity contribution >= 4 is 5.91 Å². The highest BCUT2D eigenvalue weighted by Crippen LogP contribution is 2.52. The molecule has 1 heterocycles. The van der Waals surface area contributed by atoms with Gasteiger partial charge in [-0.2, -0.15) is 13.2 Å². The van der Waals surface area contributed by atoms with E-state index in [-0.39, 0.29) is 18.0 Å². The van der Waals surface area contributed by atoms with Crippen LogP contribution in [0.3, 0.4) is 0 Å². The molecular formula is C23H20F3NO2. The Morgan fingerprint density at radius 3 is 2.38 bits per heavy atom. The number of benzene rings is 2. The molecule has 1 aromatic heterocycles. The number of hydrogen-bond acceptors (Lipinski definition) is 2. The first-order valence-electron chi connectivity index (χ1n) is 9.44. The van der Waals surface area contributed by atoms with Crippen LogP contribution in [0.15, 0.2) is 77.4 Å². The number of nitrogens with zero attached hydrogens (tertiary/aromatic N) is 1. The van der Waals surface area contributed by atoms with Crippen molar-refractivity contribution in [2.75, 3.05) is 0 Å². The van der Waals surface area contributed by atoms with Gasteiger partial charge in [0.05, 0.1) is 18.4 Å². The second-order valence-electron chi connectivity index (χ2n) is 7.29. The van der Waals surface area contributed by atoms with E-state index in [4.69, 9.17) is 4.42 Å². The van der Waals surface area contributed by atoms with Crippen molar-refractivity contribution in [3.63, 3.8) is 0 Å². The van der Waals surface area contributed by atoms with E-state index in [2.05, 4.69) is 0 Å². The van der Waals surface area contributed by atoms with Crippen LogP contribution in [0.5, 0.6) is 0 Å². The van der Waals surface area contributed by atoms with E-state index in [0.717, 1.165) is 11.6 Å². The van der Waals surface area contributed by atoms with Crippen molar-refractivity contribution in [3.8, 4) is 0 Å². The van der Waals surface area contributed by atoms with E-state index >= 15 is 0 Å². The van der Waals surface area contributed by atoms with Crippen molar-refractivity contribution in [1.29, 1.82) is 0 Å². The number of furan rings is 1. The molecule has 0 radical (unpaired) electrons. The van der Waals surface area contributed by atoms with Crippen LogP contribution in [-0.2, 0) is 24.1 Å². The lowest BCUT2D eigenvalue weighted by atomic mass is 10.0. The highest BCUT2D eigenvalue weighted by molar-refractivity contribution is 5.83. The maximum atomic E-state index is 13.4. The zero-order valence-electron chi connectivity index (χ0n) is 15.6. The Hall–Kier alpha value is -3.02. The maximum Gasteiger partial charge on any atom is 0.416 e. The van der Waals surface area contributed by atoms with Crippen molar-refractivity contribution in [3.05, 3.63) is 95.4 Å². The summed E-state index contributed by atoms with van der Waals surface area (Å²) in [6.45, 7) is 0.662. The third kappa shape index (κ3) is 4.36. The molecule has 3 aromatic rings. The largest absolute Gasteiger partial charge is 0.467 e. The maximum absolute atomic E-state index is 13.4. The Labute approximate surface area is 166 Å². The van der Waals surface area contributed by atoms with Crippen LogP contribution in [0.25, 0.3) is 0 Å². The summed E-state index contributed by atoms with van der Waals surface area (Å²) in [5.41, 5.74) is 0.511. The van der Waals surface area contributed by atoms with Crippen LogP contribution in [0.4, 0.5) is 13.2 Å². The summed E-state index contributed by atoms with van der Waals surface area (Å²) >= 11 is 0. The monoisotopic (exact) mass is 399 g/mol. The number of halogens is 3. The van der Waals surface area contributed by atoms with Crippen LogP contribution < -0.4 is 0 Å². The zero-order chi connectivity index (χ0) is 20.4. The molecule has 1 aliphatic rings. The molecular weight excluding hydrogens is 379 g/mol. The lowest BCUT2D eigenvalue weighted by Crippen LogP contribution is -2.31. The number of carbonyl (C=O) groups excluding carboxylic acids is 1. The Bertz CT molecular complexity index is 967. The fourth-order valence-electron chi connectivity index (χ4n) is 3.73. The number of rotatable bonds is 6. The molecule has 1 fully saturated rings. The van der Waals surface area contributed by atoms with Crippen LogP contribution >= 0.6 is 0 Å². The van der Waals surface area contributed by atoms with Crippen LogP contribution in [0, 0.1) is 5.92 Å². The standard InChI is InChI=1S/C23H20F3NO2/c24-23(25,26)21-11-5-4-10-18(21)19-13-20(19)22(28)27(15-17-9-6-12-29-17)14-16-7-2-1-3-8-16/h1-12,19-20H,13-15H2. The Morgan fingerprint density at radius 1 is 0.966 bits per heavy atom. The average Bonchev–Trinajstić information content (AvgIpc) is 3.35. The SMILES string of the molecule is O=C(C1CC1c1ccccc1C(F)(F)F)N(Cc1ccccc1)Cc1ccco1. The third-order valence-corrected chi connectivity index (χ3v) is 5.23. The molecule has 150 valence electrons. The molecule has 1 aliphatic carbocycles. The quantitative estimate of drug-likeness (QED) is 0.538. The Kier molecular flexibility index (Phi) is 5.18. The predicted octanol–water partition coefficient (Wildman–Crippen LogP) is 5.63. The molecule has 1 saturated carbocycles. The molecule has 3 nitrogen and oxygen atoms in total. The predicted molar refractivity (Wildman–Crippen MR) is 102 cm³/mol. The minimum Gasteiger partial charge on any atom is -0.467 e. The second-order valence-corrected chi connectivity index (χ2v) is 7.29. The van der Waals surface area contributed by atoms with Crippen LogP contribution in [-0.4, -0.2) is 10.8 Å². The number of hydrogen-bond donors (Lipinski definition) is 0. The summed E-state index contributed by atoms with van der Waals surface area (Å²) in [4.78, 5) is 14.8. The number of amides is 1. The molecule has 2 atom stereocenters. The Morgan fingerprint density at radius 2 is 1.69 bits per heavy atom. The molecule has 29 heavy (non-hydrogen) atoms. The van der Waals surface area contributed by atoms with E-state index in [1.54, 1.807) is 29.4 Å². The van der Waals surface area contributed by atoms with E-state index in [0.29, 0.717) is 18.7 Å². The van der Waals surface area contributed by atoms with Crippen molar-refractivity contribution in [1.82, 2.24) is 4.90 Å². The summed E-state index contributed by atoms with van der Waals surface area (Å²) < 4.78 is 45.4. The van der Waals surface area contributed by atoms with Crippen LogP contribution in [0.2, 0.25) is 0 Å². The van der Waals surface area contributed by atoms with Gasteiger partial charge in [0, 0.05) is 12.5 Å². The molecule has 4 rings (SSSR count). The fraction of sp³-hybridized carbons (Fsp3) is 0.261. The normalized spacial score (nSPS) is 18.4. The van der Waals surface area contributed by atoms with Crippen LogP contribution in [0.1, 0.15) is 34.8 Å². The van der Waals surface area contributed by atoms with Gasteiger partial charge in [-0.05, 0) is 41.7 Å². The van der Waals surface area contributed by atoms with Gasteiger partial charge in [0.25, 0.3) is 0 Å². The van der Waals surface area contributed by atoms with E-state index < -0.39 is 23.6 Å². The molecule has 0 N–H and O–H groups in total. The second kappa shape index (κ2) is 7.78. The molecule has 1 amide bonds. The summed E-state index contributed by atoms with van der Waals surface area (Å²) in [5.74, 6) is -0.359. The van der Waals surface area contributed by atoms with Crippen molar-refractivity contribution < 1.29 is 22.4 Å². The van der Waals surface area contributed by atoms with Gasteiger partial charge in [-0.3, -0.25) is 4.79 Å². The highest BCUT2D eigenvalue weighted by Gasteiger charge is 2.49. The van der Waals surface area contributed by atoms with Gasteiger partial charge >= 0.3 is 6.18 Å². The van der Waals surface area contributed by atoms with Gasteiger partial charge in [-0.25, -0.2) is 0 Å². The molecule has 2 aromatic carbocycles. The molecule has 0 aliphatic heterocycles. The van der Waals surface area contributed by atoms with Gasteiger partial charge in [0.1, 0.15) is 5.76 Å². The zero-order valence-corrected chi connectivity index (χ0v) is 15.6. The molecule has 2 unspecified atom stereocenters. The van der Waals surface area contributed by atoms with Gasteiger partial charge in [0.15, 0.2) is 0 Å². The smallest absolute Gasteiger partial charge is 0.416 e. The first-order valence-corrected chi connectivity index (χ1v) is 9.44. The minimum atomic E-state index is -4.43. The van der Waals surface area contributed by atoms with E-state index in [1.165, 1.54) is 12.1 Å². The summed E-state index contributed by atoms with van der Waals surface area (Å²) in [6.07, 6.45) is -2.46. The lowest BCUT2D eigenvalue weighted by Gasteiger charge is -2.22. The van der Waals surface area contributed by atoms with Crippen molar-refractivity contribution in [2.45, 2.75) is 31.6 Å². The topological polar surface area (TPSA) is 33.5 Å². The average molecular weight is 399 g/mol. The van der Waals surface area contributed by atoms with E-state index in [9.17, 15) is 18.0 Å². The van der Waals surface area contributed by atoms with Gasteiger partial charge in [-0.1, -0.05) is 48.5 Å². The fourth-order valence-corrected chi connectivity index (χ4v) is 3.73. The third-order valence-electron chi connectivity index (χ3n) is 5.23. The lowest BCUT2D eigenvalue weighted by molar-refractivity contribution is -0.139. The first kappa shape index (κ1) is 19.3.